The monoisotopic (exact) mass is 191 g/mol. The van der Waals surface area contributed by atoms with E-state index < -0.39 is 0 Å². The highest BCUT2D eigenvalue weighted by Crippen LogP contribution is 2.08. The van der Waals surface area contributed by atoms with E-state index in [0.29, 0.717) is 13.1 Å². The number of nitrogens with two attached hydrogens (primary N) is 1. The fourth-order valence-electron chi connectivity index (χ4n) is 1.65. The minimum Gasteiger partial charge on any atom is -0.346 e. The fraction of sp³-hybridized carbons (Fsp3) is 0.300. The molecule has 2 aromatic rings. The molecule has 0 amide bonds. The van der Waals surface area contributed by atoms with Crippen molar-refractivity contribution < 1.29 is 0 Å². The first-order chi connectivity index (χ1) is 6.74. The molecule has 0 fully saturated rings. The zero-order valence-electron chi connectivity index (χ0n) is 8.10. The highest BCUT2D eigenvalue weighted by atomic mass is 16.1. The van der Waals surface area contributed by atoms with Crippen LogP contribution in [0.4, 0.5) is 0 Å². The summed E-state index contributed by atoms with van der Waals surface area (Å²) in [4.78, 5) is 11.9. The van der Waals surface area contributed by atoms with Gasteiger partial charge in [-0.15, -0.1) is 0 Å². The van der Waals surface area contributed by atoms with Crippen molar-refractivity contribution in [3.05, 3.63) is 34.9 Å². The Hall–Kier alpha value is -1.55. The lowest BCUT2D eigenvalue weighted by atomic mass is 10.3. The first-order valence-corrected chi connectivity index (χ1v) is 4.58. The predicted octanol–water partition coefficient (Wildman–Crippen LogP) is 0.299. The Bertz CT molecular complexity index is 510. The molecular weight excluding hydrogens is 178 g/mol. The second-order valence-electron chi connectivity index (χ2n) is 3.33. The van der Waals surface area contributed by atoms with Crippen LogP contribution in [0.5, 0.6) is 0 Å². The van der Waals surface area contributed by atoms with Gasteiger partial charge in [-0.3, -0.25) is 4.79 Å². The molecule has 0 spiro atoms. The van der Waals surface area contributed by atoms with Gasteiger partial charge in [-0.2, -0.15) is 0 Å². The van der Waals surface area contributed by atoms with Crippen LogP contribution in [-0.2, 0) is 13.6 Å². The summed E-state index contributed by atoms with van der Waals surface area (Å²) in [6.45, 7) is 1.05. The fourth-order valence-corrected chi connectivity index (χ4v) is 1.65. The van der Waals surface area contributed by atoms with Crippen molar-refractivity contribution in [2.24, 2.45) is 12.8 Å². The van der Waals surface area contributed by atoms with Gasteiger partial charge in [0.25, 0.3) is 5.56 Å². The molecule has 74 valence electrons. The van der Waals surface area contributed by atoms with Crippen LogP contribution in [0.2, 0.25) is 0 Å². The van der Waals surface area contributed by atoms with Crippen LogP contribution >= 0.6 is 0 Å². The molecule has 0 aliphatic heterocycles. The average molecular weight is 191 g/mol. The van der Waals surface area contributed by atoms with E-state index in [2.05, 4.69) is 0 Å². The van der Waals surface area contributed by atoms with Crippen molar-refractivity contribution >= 4 is 10.9 Å². The van der Waals surface area contributed by atoms with Gasteiger partial charge in [0.1, 0.15) is 5.52 Å². The Kier molecular flexibility index (Phi) is 2.13. The maximum absolute atomic E-state index is 11.9. The van der Waals surface area contributed by atoms with Gasteiger partial charge in [0.15, 0.2) is 0 Å². The van der Waals surface area contributed by atoms with Gasteiger partial charge in [0.05, 0.1) is 0 Å². The summed E-state index contributed by atoms with van der Waals surface area (Å²) in [7, 11) is 1.87. The van der Waals surface area contributed by atoms with Crippen molar-refractivity contribution in [3.63, 3.8) is 0 Å². The zero-order chi connectivity index (χ0) is 10.1. The maximum atomic E-state index is 11.9. The zero-order valence-corrected chi connectivity index (χ0v) is 8.10. The van der Waals surface area contributed by atoms with Gasteiger partial charge >= 0.3 is 0 Å². The molecule has 2 aromatic heterocycles. The molecule has 0 aliphatic carbocycles. The summed E-state index contributed by atoms with van der Waals surface area (Å²) in [5.41, 5.74) is 6.19. The van der Waals surface area contributed by atoms with E-state index in [1.807, 2.05) is 29.9 Å². The SMILES string of the molecule is Cn1ccc2ccn(CCN)c(=O)c21. The number of aromatic nitrogens is 2. The van der Waals surface area contributed by atoms with Crippen LogP contribution < -0.4 is 11.3 Å². The number of rotatable bonds is 2. The third-order valence-electron chi connectivity index (χ3n) is 2.37. The number of fused-ring (bicyclic) bond motifs is 1. The summed E-state index contributed by atoms with van der Waals surface area (Å²) >= 11 is 0. The summed E-state index contributed by atoms with van der Waals surface area (Å²) in [5.74, 6) is 0. The van der Waals surface area contributed by atoms with E-state index in [4.69, 9.17) is 5.73 Å². The molecule has 0 atom stereocenters. The Labute approximate surface area is 81.6 Å². The van der Waals surface area contributed by atoms with E-state index in [0.717, 1.165) is 10.9 Å². The number of hydrogen-bond donors (Lipinski definition) is 1. The Morgan fingerprint density at radius 1 is 1.36 bits per heavy atom. The van der Waals surface area contributed by atoms with Crippen LogP contribution in [-0.4, -0.2) is 15.7 Å². The van der Waals surface area contributed by atoms with Crippen LogP contribution in [0.3, 0.4) is 0 Å². The highest BCUT2D eigenvalue weighted by molar-refractivity contribution is 5.78. The van der Waals surface area contributed by atoms with Crippen molar-refractivity contribution in [2.75, 3.05) is 6.54 Å². The summed E-state index contributed by atoms with van der Waals surface area (Å²) in [6.07, 6.45) is 3.68. The number of pyridine rings is 1. The molecule has 2 heterocycles. The van der Waals surface area contributed by atoms with Gasteiger partial charge in [-0.05, 0) is 12.1 Å². The lowest BCUT2D eigenvalue weighted by molar-refractivity contribution is 0.683. The van der Waals surface area contributed by atoms with Gasteiger partial charge < -0.3 is 14.9 Å². The largest absolute Gasteiger partial charge is 0.346 e. The highest BCUT2D eigenvalue weighted by Gasteiger charge is 2.04. The van der Waals surface area contributed by atoms with E-state index in [9.17, 15) is 4.79 Å². The smallest absolute Gasteiger partial charge is 0.275 e. The van der Waals surface area contributed by atoms with Crippen LogP contribution in [0.1, 0.15) is 0 Å². The van der Waals surface area contributed by atoms with Crippen molar-refractivity contribution in [2.45, 2.75) is 6.54 Å². The normalized spacial score (nSPS) is 11.0. The minimum absolute atomic E-state index is 0.0282. The van der Waals surface area contributed by atoms with Gasteiger partial charge in [0.2, 0.25) is 0 Å². The lowest BCUT2D eigenvalue weighted by Gasteiger charge is -2.04. The van der Waals surface area contributed by atoms with Crippen LogP contribution in [0.25, 0.3) is 10.9 Å². The minimum atomic E-state index is 0.0282. The van der Waals surface area contributed by atoms with E-state index in [1.165, 1.54) is 0 Å². The topological polar surface area (TPSA) is 52.9 Å². The Morgan fingerprint density at radius 2 is 2.07 bits per heavy atom. The third-order valence-corrected chi connectivity index (χ3v) is 2.37. The van der Waals surface area contributed by atoms with Crippen LogP contribution in [0.15, 0.2) is 29.3 Å². The van der Waals surface area contributed by atoms with E-state index >= 15 is 0 Å². The molecule has 0 aliphatic rings. The quantitative estimate of drug-likeness (QED) is 0.742. The molecule has 2 N–H and O–H groups in total. The molecule has 0 saturated heterocycles. The van der Waals surface area contributed by atoms with Crippen molar-refractivity contribution in [1.82, 2.24) is 9.13 Å². The summed E-state index contributed by atoms with van der Waals surface area (Å²) in [5, 5.41) is 0.978. The number of hydrogen-bond acceptors (Lipinski definition) is 2. The predicted molar refractivity (Wildman–Crippen MR) is 56.2 cm³/mol. The lowest BCUT2D eigenvalue weighted by Crippen LogP contribution is -2.24. The average Bonchev–Trinajstić information content (AvgIpc) is 2.54. The van der Waals surface area contributed by atoms with Crippen LogP contribution in [0, 0.1) is 0 Å². The second-order valence-corrected chi connectivity index (χ2v) is 3.33. The molecule has 0 aromatic carbocycles. The first-order valence-electron chi connectivity index (χ1n) is 4.58. The maximum Gasteiger partial charge on any atom is 0.275 e. The van der Waals surface area contributed by atoms with Crippen molar-refractivity contribution in [1.29, 1.82) is 0 Å². The van der Waals surface area contributed by atoms with Crippen molar-refractivity contribution in [3.8, 4) is 0 Å². The van der Waals surface area contributed by atoms with Gasteiger partial charge in [-0.1, -0.05) is 0 Å². The molecule has 0 bridgehead atoms. The molecule has 0 radical (unpaired) electrons. The molecule has 14 heavy (non-hydrogen) atoms. The standard InChI is InChI=1S/C10H13N3O/c1-12-5-2-8-3-6-13(7-4-11)10(14)9(8)12/h2-3,5-6H,4,7,11H2,1H3. The Morgan fingerprint density at radius 3 is 2.79 bits per heavy atom. The second kappa shape index (κ2) is 3.31. The number of nitrogens with zero attached hydrogens (tertiary/aromatic N) is 2. The number of aryl methyl sites for hydroxylation is 1. The molecule has 0 unspecified atom stereocenters. The van der Waals surface area contributed by atoms with Gasteiger partial charge in [0, 0.05) is 37.9 Å². The van der Waals surface area contributed by atoms with E-state index in [1.54, 1.807) is 10.8 Å². The molecule has 4 heteroatoms. The Balaban J connectivity index is 2.73. The van der Waals surface area contributed by atoms with Gasteiger partial charge in [-0.25, -0.2) is 0 Å². The van der Waals surface area contributed by atoms with E-state index in [-0.39, 0.29) is 5.56 Å². The molecule has 4 nitrogen and oxygen atoms in total. The first kappa shape index (κ1) is 9.02. The molecular formula is C10H13N3O. The summed E-state index contributed by atoms with van der Waals surface area (Å²) < 4.78 is 3.48. The third kappa shape index (κ3) is 1.24. The molecule has 2 rings (SSSR count). The molecule has 0 saturated carbocycles. The summed E-state index contributed by atoms with van der Waals surface area (Å²) in [6, 6.07) is 3.87.